The summed E-state index contributed by atoms with van der Waals surface area (Å²) >= 11 is 0. The smallest absolute Gasteiger partial charge is 0.338 e. The summed E-state index contributed by atoms with van der Waals surface area (Å²) in [5.41, 5.74) is 0.650. The van der Waals surface area contributed by atoms with E-state index < -0.39 is 0 Å². The van der Waals surface area contributed by atoms with E-state index in [4.69, 9.17) is 4.74 Å². The summed E-state index contributed by atoms with van der Waals surface area (Å²) < 4.78 is 5.42. The number of nitrogens with one attached hydrogen (secondary N) is 1. The highest BCUT2D eigenvalue weighted by molar-refractivity contribution is 5.89. The minimum absolute atomic E-state index is 0. The van der Waals surface area contributed by atoms with Gasteiger partial charge in [0.15, 0.2) is 0 Å². The van der Waals surface area contributed by atoms with Gasteiger partial charge in [0.2, 0.25) is 0 Å². The number of hydrogen-bond acceptors (Lipinski definition) is 2. The molecule has 2 unspecified atom stereocenters. The van der Waals surface area contributed by atoms with Gasteiger partial charge in [-0.1, -0.05) is 44.4 Å². The second-order valence-electron chi connectivity index (χ2n) is 7.06. The van der Waals surface area contributed by atoms with Crippen LogP contribution in [-0.4, -0.2) is 31.7 Å². The van der Waals surface area contributed by atoms with Gasteiger partial charge in [-0.25, -0.2) is 4.79 Å². The van der Waals surface area contributed by atoms with Crippen LogP contribution in [-0.2, 0) is 4.74 Å². The Morgan fingerprint density at radius 2 is 1.92 bits per heavy atom. The fraction of sp³-hybridized carbons (Fsp3) is 0.667. The molecule has 1 saturated heterocycles. The number of benzene rings is 1. The molecule has 1 heterocycles. The summed E-state index contributed by atoms with van der Waals surface area (Å²) in [5, 5.41) is 0. The normalized spacial score (nSPS) is 19.9. The molecule has 2 atom stereocenters. The van der Waals surface area contributed by atoms with Crippen LogP contribution in [0.15, 0.2) is 30.3 Å². The molecule has 1 N–H and O–H groups in total. The zero-order valence-corrected chi connectivity index (χ0v) is 16.4. The van der Waals surface area contributed by atoms with Crippen molar-refractivity contribution in [2.45, 2.75) is 70.8 Å². The highest BCUT2D eigenvalue weighted by Gasteiger charge is 2.25. The van der Waals surface area contributed by atoms with Crippen molar-refractivity contribution in [3.8, 4) is 0 Å². The Hall–Kier alpha value is -1.06. The van der Waals surface area contributed by atoms with E-state index in [-0.39, 0.29) is 18.4 Å². The highest BCUT2D eigenvalue weighted by atomic mass is 35.5. The third kappa shape index (κ3) is 8.24. The average Bonchev–Trinajstić information content (AvgIpc) is 2.64. The zero-order valence-electron chi connectivity index (χ0n) is 15.6. The van der Waals surface area contributed by atoms with E-state index in [0.29, 0.717) is 12.2 Å². The van der Waals surface area contributed by atoms with E-state index in [1.165, 1.54) is 57.9 Å². The van der Waals surface area contributed by atoms with Gasteiger partial charge in [-0.05, 0) is 44.2 Å². The van der Waals surface area contributed by atoms with E-state index in [2.05, 4.69) is 6.92 Å². The van der Waals surface area contributed by atoms with E-state index in [1.807, 2.05) is 30.3 Å². The Kier molecular flexibility index (Phi) is 11.6. The maximum absolute atomic E-state index is 11.9. The van der Waals surface area contributed by atoms with Crippen LogP contribution in [0.2, 0.25) is 0 Å². The summed E-state index contributed by atoms with van der Waals surface area (Å²) in [6.45, 7) is 5.25. The topological polar surface area (TPSA) is 30.7 Å². The van der Waals surface area contributed by atoms with Crippen molar-refractivity contribution in [3.63, 3.8) is 0 Å². The van der Waals surface area contributed by atoms with Gasteiger partial charge in [0, 0.05) is 6.42 Å². The van der Waals surface area contributed by atoms with Crippen molar-refractivity contribution in [1.82, 2.24) is 0 Å². The van der Waals surface area contributed by atoms with Crippen LogP contribution >= 0.6 is 0 Å². The number of piperidine rings is 1. The van der Waals surface area contributed by atoms with Crippen LogP contribution in [0.1, 0.15) is 75.1 Å². The van der Waals surface area contributed by atoms with Crippen LogP contribution in [0.25, 0.3) is 0 Å². The first kappa shape index (κ1) is 22.0. The van der Waals surface area contributed by atoms with Gasteiger partial charge in [-0.15, -0.1) is 0 Å². The number of likely N-dealkylation sites (tertiary alicyclic amines) is 1. The summed E-state index contributed by atoms with van der Waals surface area (Å²) in [7, 11) is 0. The van der Waals surface area contributed by atoms with Gasteiger partial charge < -0.3 is 22.0 Å². The first-order chi connectivity index (χ1) is 11.8. The van der Waals surface area contributed by atoms with E-state index >= 15 is 0 Å². The monoisotopic (exact) mass is 367 g/mol. The number of carbonyl (C=O) groups excluding carboxylic acids is 1. The molecule has 1 aromatic carbocycles. The van der Waals surface area contributed by atoms with E-state index in [0.717, 1.165) is 19.0 Å². The van der Waals surface area contributed by atoms with Crippen LogP contribution < -0.4 is 17.3 Å². The first-order valence-corrected chi connectivity index (χ1v) is 9.88. The molecule has 0 radical (unpaired) electrons. The number of rotatable bonds is 10. The molecule has 0 saturated carbocycles. The Morgan fingerprint density at radius 1 is 1.12 bits per heavy atom. The van der Waals surface area contributed by atoms with Crippen molar-refractivity contribution in [2.24, 2.45) is 0 Å². The lowest BCUT2D eigenvalue weighted by Crippen LogP contribution is -3.16. The second kappa shape index (κ2) is 13.2. The Balaban J connectivity index is 0.00000312. The number of ether oxygens (including phenoxy) is 1. The summed E-state index contributed by atoms with van der Waals surface area (Å²) in [4.78, 5) is 13.7. The number of unbranched alkanes of at least 4 members (excludes halogenated alkanes) is 3. The van der Waals surface area contributed by atoms with Crippen molar-refractivity contribution >= 4 is 5.97 Å². The molecule has 0 bridgehead atoms. The van der Waals surface area contributed by atoms with Gasteiger partial charge in [-0.2, -0.15) is 0 Å². The van der Waals surface area contributed by atoms with Gasteiger partial charge in [0.1, 0.15) is 0 Å². The molecule has 4 heteroatoms. The maximum Gasteiger partial charge on any atom is 0.338 e. The van der Waals surface area contributed by atoms with Crippen molar-refractivity contribution in [1.29, 1.82) is 0 Å². The molecule has 1 aromatic rings. The minimum Gasteiger partial charge on any atom is -1.00 e. The molecule has 142 valence electrons. The quantitative estimate of drug-likeness (QED) is 0.486. The molecule has 0 aromatic heterocycles. The lowest BCUT2D eigenvalue weighted by Gasteiger charge is -2.32. The molecule has 1 aliphatic rings. The lowest BCUT2D eigenvalue weighted by molar-refractivity contribution is -0.931. The molecule has 3 nitrogen and oxygen atoms in total. The highest BCUT2D eigenvalue weighted by Crippen LogP contribution is 2.11. The SMILES string of the molecule is CCCCCCC1CCCC[NH+]1CCCOC(=O)c1ccccc1.[Cl-]. The Bertz CT molecular complexity index is 466. The largest absolute Gasteiger partial charge is 1.00 e. The standard InChI is InChI=1S/C21H33NO2.ClH/c1-2-3-4-8-14-20-15-9-10-16-22(20)17-11-18-24-21(23)19-12-6-5-7-13-19;/h5-7,12-13,20H,2-4,8-11,14-18H2,1H3;1H. The predicted molar refractivity (Wildman–Crippen MR) is 98.4 cm³/mol. The third-order valence-electron chi connectivity index (χ3n) is 5.17. The molecule has 1 fully saturated rings. The zero-order chi connectivity index (χ0) is 17.0. The molecule has 0 spiro atoms. The van der Waals surface area contributed by atoms with Crippen LogP contribution in [0, 0.1) is 0 Å². The molecule has 25 heavy (non-hydrogen) atoms. The minimum atomic E-state index is -0.194. The fourth-order valence-corrected chi connectivity index (χ4v) is 3.77. The molecule has 0 aliphatic carbocycles. The number of carbonyl (C=O) groups is 1. The maximum atomic E-state index is 11.9. The third-order valence-corrected chi connectivity index (χ3v) is 5.17. The second-order valence-corrected chi connectivity index (χ2v) is 7.06. The van der Waals surface area contributed by atoms with Gasteiger partial charge in [0.05, 0.1) is 31.3 Å². The van der Waals surface area contributed by atoms with E-state index in [1.54, 1.807) is 4.90 Å². The summed E-state index contributed by atoms with van der Waals surface area (Å²) in [5.74, 6) is -0.194. The van der Waals surface area contributed by atoms with E-state index in [9.17, 15) is 4.79 Å². The van der Waals surface area contributed by atoms with Crippen LogP contribution in [0.4, 0.5) is 0 Å². The number of hydrogen-bond donors (Lipinski definition) is 1. The summed E-state index contributed by atoms with van der Waals surface area (Å²) in [6.07, 6.45) is 11.9. The van der Waals surface area contributed by atoms with Crippen LogP contribution in [0.5, 0.6) is 0 Å². The molecule has 0 amide bonds. The molecule has 2 rings (SSSR count). The number of quaternary nitrogens is 1. The van der Waals surface area contributed by atoms with Gasteiger partial charge in [0.25, 0.3) is 0 Å². The number of halogens is 1. The first-order valence-electron chi connectivity index (χ1n) is 9.88. The lowest BCUT2D eigenvalue weighted by atomic mass is 9.96. The number of esters is 1. The molecular formula is C21H34ClNO2. The average molecular weight is 368 g/mol. The molecule has 1 aliphatic heterocycles. The van der Waals surface area contributed by atoms with Crippen molar-refractivity contribution in [3.05, 3.63) is 35.9 Å². The molecular weight excluding hydrogens is 334 g/mol. The van der Waals surface area contributed by atoms with Crippen LogP contribution in [0.3, 0.4) is 0 Å². The Morgan fingerprint density at radius 3 is 2.68 bits per heavy atom. The predicted octanol–water partition coefficient (Wildman–Crippen LogP) is 0.645. The fourth-order valence-electron chi connectivity index (χ4n) is 3.77. The van der Waals surface area contributed by atoms with Crippen molar-refractivity contribution < 1.29 is 26.8 Å². The van der Waals surface area contributed by atoms with Gasteiger partial charge >= 0.3 is 5.97 Å². The van der Waals surface area contributed by atoms with Crippen molar-refractivity contribution in [2.75, 3.05) is 19.7 Å². The summed E-state index contributed by atoms with van der Waals surface area (Å²) in [6, 6.07) is 10.1. The Labute approximate surface area is 159 Å². The van der Waals surface area contributed by atoms with Gasteiger partial charge in [-0.3, -0.25) is 0 Å².